The SMILES string of the molecule is CC[C@@H](C)[C@H](NC(=O)COC(=O)c1cnccn1)C(=O)OC. The zero-order chi connectivity index (χ0) is 16.5. The lowest BCUT2D eigenvalue weighted by Crippen LogP contribution is -2.47. The average molecular weight is 309 g/mol. The van der Waals surface area contributed by atoms with E-state index in [0.29, 0.717) is 6.42 Å². The van der Waals surface area contributed by atoms with Gasteiger partial charge in [-0.1, -0.05) is 20.3 Å². The minimum atomic E-state index is -0.780. The first kappa shape index (κ1) is 17.5. The number of nitrogens with zero attached hydrogens (tertiary/aromatic N) is 2. The van der Waals surface area contributed by atoms with Crippen LogP contribution < -0.4 is 5.32 Å². The molecule has 0 saturated heterocycles. The van der Waals surface area contributed by atoms with E-state index < -0.39 is 30.5 Å². The van der Waals surface area contributed by atoms with Crippen molar-refractivity contribution in [1.29, 1.82) is 0 Å². The molecule has 22 heavy (non-hydrogen) atoms. The third-order valence-electron chi connectivity index (χ3n) is 3.09. The summed E-state index contributed by atoms with van der Waals surface area (Å²) in [7, 11) is 1.25. The van der Waals surface area contributed by atoms with E-state index >= 15 is 0 Å². The molecule has 1 N–H and O–H groups in total. The lowest BCUT2D eigenvalue weighted by molar-refractivity contribution is -0.147. The Hall–Kier alpha value is -2.51. The Bertz CT molecular complexity index is 520. The summed E-state index contributed by atoms with van der Waals surface area (Å²) < 4.78 is 9.46. The number of rotatable bonds is 7. The van der Waals surface area contributed by atoms with Gasteiger partial charge in [0, 0.05) is 12.4 Å². The topological polar surface area (TPSA) is 107 Å². The van der Waals surface area contributed by atoms with Crippen LogP contribution in [0.15, 0.2) is 18.6 Å². The lowest BCUT2D eigenvalue weighted by Gasteiger charge is -2.21. The van der Waals surface area contributed by atoms with Crippen LogP contribution in [0, 0.1) is 5.92 Å². The highest BCUT2D eigenvalue weighted by Gasteiger charge is 2.27. The first-order valence-electron chi connectivity index (χ1n) is 6.79. The van der Waals surface area contributed by atoms with Crippen LogP contribution in [0.5, 0.6) is 0 Å². The Kier molecular flexibility index (Phi) is 6.94. The van der Waals surface area contributed by atoms with Gasteiger partial charge in [-0.25, -0.2) is 14.6 Å². The van der Waals surface area contributed by atoms with Crippen LogP contribution in [0.3, 0.4) is 0 Å². The van der Waals surface area contributed by atoms with E-state index in [9.17, 15) is 14.4 Å². The second-order valence-electron chi connectivity index (χ2n) is 4.62. The maximum absolute atomic E-state index is 11.8. The largest absolute Gasteiger partial charge is 0.467 e. The summed E-state index contributed by atoms with van der Waals surface area (Å²) in [5.74, 6) is -2.00. The normalized spacial score (nSPS) is 12.9. The van der Waals surface area contributed by atoms with Crippen molar-refractivity contribution < 1.29 is 23.9 Å². The molecule has 1 amide bonds. The molecular weight excluding hydrogens is 290 g/mol. The van der Waals surface area contributed by atoms with Gasteiger partial charge in [-0.3, -0.25) is 9.78 Å². The van der Waals surface area contributed by atoms with Crippen LogP contribution in [-0.2, 0) is 19.1 Å². The summed E-state index contributed by atoms with van der Waals surface area (Å²) in [6, 6.07) is -0.780. The number of hydrogen-bond donors (Lipinski definition) is 1. The highest BCUT2D eigenvalue weighted by atomic mass is 16.5. The predicted molar refractivity (Wildman–Crippen MR) is 75.7 cm³/mol. The maximum Gasteiger partial charge on any atom is 0.359 e. The van der Waals surface area contributed by atoms with Gasteiger partial charge in [-0.05, 0) is 5.92 Å². The third-order valence-corrected chi connectivity index (χ3v) is 3.09. The van der Waals surface area contributed by atoms with Crippen molar-refractivity contribution in [1.82, 2.24) is 15.3 Å². The van der Waals surface area contributed by atoms with Crippen LogP contribution in [0.2, 0.25) is 0 Å². The fraction of sp³-hybridized carbons (Fsp3) is 0.500. The van der Waals surface area contributed by atoms with Gasteiger partial charge in [0.25, 0.3) is 5.91 Å². The molecule has 1 aromatic rings. The first-order chi connectivity index (χ1) is 10.5. The van der Waals surface area contributed by atoms with Gasteiger partial charge in [0.05, 0.1) is 13.3 Å². The van der Waals surface area contributed by atoms with E-state index in [-0.39, 0.29) is 11.6 Å². The van der Waals surface area contributed by atoms with Crippen LogP contribution in [0.1, 0.15) is 30.8 Å². The molecule has 0 aliphatic rings. The summed E-state index contributed by atoms with van der Waals surface area (Å²) in [6.45, 7) is 3.19. The van der Waals surface area contributed by atoms with Crippen molar-refractivity contribution in [2.24, 2.45) is 5.92 Å². The fourth-order valence-electron chi connectivity index (χ4n) is 1.62. The van der Waals surface area contributed by atoms with Gasteiger partial charge in [0.2, 0.25) is 0 Å². The number of ether oxygens (including phenoxy) is 2. The summed E-state index contributed by atoms with van der Waals surface area (Å²) in [5, 5.41) is 2.50. The van der Waals surface area contributed by atoms with Gasteiger partial charge >= 0.3 is 11.9 Å². The number of nitrogens with one attached hydrogen (secondary N) is 1. The standard InChI is InChI=1S/C14H19N3O5/c1-4-9(2)12(14(20)21-3)17-11(18)8-22-13(19)10-7-15-5-6-16-10/h5-7,9,12H,4,8H2,1-3H3,(H,17,18)/t9-,12+/m1/s1. The first-order valence-corrected chi connectivity index (χ1v) is 6.79. The van der Waals surface area contributed by atoms with E-state index in [1.54, 1.807) is 0 Å². The van der Waals surface area contributed by atoms with Crippen molar-refractivity contribution in [3.05, 3.63) is 24.3 Å². The molecule has 1 rings (SSSR count). The van der Waals surface area contributed by atoms with Crippen molar-refractivity contribution >= 4 is 17.8 Å². The lowest BCUT2D eigenvalue weighted by atomic mass is 9.99. The van der Waals surface area contributed by atoms with E-state index in [0.717, 1.165) is 0 Å². The molecule has 8 nitrogen and oxygen atoms in total. The van der Waals surface area contributed by atoms with E-state index in [4.69, 9.17) is 4.74 Å². The van der Waals surface area contributed by atoms with Gasteiger partial charge in [0.1, 0.15) is 6.04 Å². The summed E-state index contributed by atoms with van der Waals surface area (Å²) in [4.78, 5) is 42.5. The van der Waals surface area contributed by atoms with E-state index in [1.807, 2.05) is 13.8 Å². The van der Waals surface area contributed by atoms with Crippen LogP contribution in [0.25, 0.3) is 0 Å². The predicted octanol–water partition coefficient (Wildman–Crippen LogP) is 0.337. The molecule has 0 radical (unpaired) electrons. The Balaban J connectivity index is 2.54. The number of hydrogen-bond acceptors (Lipinski definition) is 7. The molecule has 0 fully saturated rings. The molecule has 8 heteroatoms. The average Bonchev–Trinajstić information content (AvgIpc) is 2.56. The highest BCUT2D eigenvalue weighted by molar-refractivity contribution is 5.90. The number of carbonyl (C=O) groups excluding carboxylic acids is 3. The number of aromatic nitrogens is 2. The Morgan fingerprint density at radius 1 is 1.32 bits per heavy atom. The van der Waals surface area contributed by atoms with Crippen molar-refractivity contribution in [2.45, 2.75) is 26.3 Å². The minimum Gasteiger partial charge on any atom is -0.467 e. The Morgan fingerprint density at radius 3 is 2.59 bits per heavy atom. The summed E-state index contributed by atoms with van der Waals surface area (Å²) in [6.07, 6.45) is 4.67. The van der Waals surface area contributed by atoms with Gasteiger partial charge in [0.15, 0.2) is 12.3 Å². The molecule has 0 unspecified atom stereocenters. The second-order valence-corrected chi connectivity index (χ2v) is 4.62. The zero-order valence-electron chi connectivity index (χ0n) is 12.7. The zero-order valence-corrected chi connectivity index (χ0v) is 12.7. The number of esters is 2. The molecule has 0 aliphatic heterocycles. The molecule has 1 aromatic heterocycles. The second kappa shape index (κ2) is 8.71. The molecule has 0 saturated carbocycles. The Morgan fingerprint density at radius 2 is 2.05 bits per heavy atom. The van der Waals surface area contributed by atoms with Crippen LogP contribution >= 0.6 is 0 Å². The minimum absolute atomic E-state index is 0.00161. The molecule has 0 aromatic carbocycles. The van der Waals surface area contributed by atoms with Gasteiger partial charge in [-0.2, -0.15) is 0 Å². The number of amides is 1. The molecule has 1 heterocycles. The maximum atomic E-state index is 11.8. The highest BCUT2D eigenvalue weighted by Crippen LogP contribution is 2.09. The van der Waals surface area contributed by atoms with Crippen LogP contribution in [-0.4, -0.2) is 47.6 Å². The monoisotopic (exact) mass is 309 g/mol. The molecule has 2 atom stereocenters. The molecule has 0 bridgehead atoms. The summed E-state index contributed by atoms with van der Waals surface area (Å²) in [5.41, 5.74) is 0.00161. The van der Waals surface area contributed by atoms with E-state index in [1.165, 1.54) is 25.7 Å². The third kappa shape index (κ3) is 5.12. The van der Waals surface area contributed by atoms with E-state index in [2.05, 4.69) is 20.0 Å². The fourth-order valence-corrected chi connectivity index (χ4v) is 1.62. The van der Waals surface area contributed by atoms with Gasteiger partial charge in [-0.15, -0.1) is 0 Å². The quantitative estimate of drug-likeness (QED) is 0.723. The molecule has 120 valence electrons. The summed E-state index contributed by atoms with van der Waals surface area (Å²) >= 11 is 0. The van der Waals surface area contributed by atoms with Gasteiger partial charge < -0.3 is 14.8 Å². The number of methoxy groups -OCH3 is 1. The number of carbonyl (C=O) groups is 3. The van der Waals surface area contributed by atoms with Crippen molar-refractivity contribution in [2.75, 3.05) is 13.7 Å². The van der Waals surface area contributed by atoms with Crippen molar-refractivity contribution in [3.63, 3.8) is 0 Å². The van der Waals surface area contributed by atoms with Crippen molar-refractivity contribution in [3.8, 4) is 0 Å². The smallest absolute Gasteiger partial charge is 0.359 e. The molecular formula is C14H19N3O5. The molecule has 0 spiro atoms. The molecule has 0 aliphatic carbocycles. The van der Waals surface area contributed by atoms with Crippen LogP contribution in [0.4, 0.5) is 0 Å². The Labute approximate surface area is 128 Å².